The zero-order valence-corrected chi connectivity index (χ0v) is 11.2. The molecule has 0 radical (unpaired) electrons. The highest BCUT2D eigenvalue weighted by Gasteiger charge is 2.18. The number of nitrogens with zero attached hydrogens (tertiary/aromatic N) is 1. The number of benzene rings is 1. The Balaban J connectivity index is 2.66. The fourth-order valence-corrected chi connectivity index (χ4v) is 2.02. The molecule has 6 heteroatoms. The van der Waals surface area contributed by atoms with E-state index in [2.05, 4.69) is 10.2 Å². The Labute approximate surface area is 111 Å². The van der Waals surface area contributed by atoms with Crippen LogP contribution in [0.25, 0.3) is 11.3 Å². The van der Waals surface area contributed by atoms with Crippen LogP contribution in [0.4, 0.5) is 5.82 Å². The quantitative estimate of drug-likeness (QED) is 0.859. The third-order valence-corrected chi connectivity index (χ3v) is 2.83. The van der Waals surface area contributed by atoms with Crippen LogP contribution in [0, 0.1) is 0 Å². The number of nitrogens with two attached hydrogens (primary N) is 1. The van der Waals surface area contributed by atoms with E-state index in [1.165, 1.54) is 0 Å². The summed E-state index contributed by atoms with van der Waals surface area (Å²) >= 11 is 0. The lowest BCUT2D eigenvalue weighted by Crippen LogP contribution is -2.00. The summed E-state index contributed by atoms with van der Waals surface area (Å²) < 4.78 is 16.0. The van der Waals surface area contributed by atoms with E-state index >= 15 is 0 Å². The lowest BCUT2D eigenvalue weighted by Gasteiger charge is -2.15. The van der Waals surface area contributed by atoms with Crippen molar-refractivity contribution in [3.8, 4) is 22.8 Å². The first-order valence-electron chi connectivity index (χ1n) is 5.75. The molecule has 0 aliphatic carbocycles. The predicted octanol–water partition coefficient (Wildman–Crippen LogP) is 1.82. The Morgan fingerprint density at radius 3 is 2.37 bits per heavy atom. The summed E-state index contributed by atoms with van der Waals surface area (Å²) in [6.45, 7) is 0.397. The summed E-state index contributed by atoms with van der Waals surface area (Å²) in [4.78, 5) is 0. The lowest BCUT2D eigenvalue weighted by molar-refractivity contribution is 0.181. The topological polar surface area (TPSA) is 82.4 Å². The van der Waals surface area contributed by atoms with E-state index in [4.69, 9.17) is 19.9 Å². The van der Waals surface area contributed by atoms with Gasteiger partial charge in [0.05, 0.1) is 32.1 Å². The van der Waals surface area contributed by atoms with Gasteiger partial charge in [-0.3, -0.25) is 5.10 Å². The van der Waals surface area contributed by atoms with Gasteiger partial charge in [-0.05, 0) is 12.1 Å². The van der Waals surface area contributed by atoms with E-state index in [-0.39, 0.29) is 0 Å². The molecular formula is C13H17N3O3. The number of hydrogen-bond acceptors (Lipinski definition) is 5. The summed E-state index contributed by atoms with van der Waals surface area (Å²) in [6.07, 6.45) is 0. The average molecular weight is 263 g/mol. The first-order chi connectivity index (χ1) is 9.21. The number of aromatic nitrogens is 2. The van der Waals surface area contributed by atoms with Crippen LogP contribution in [-0.2, 0) is 11.3 Å². The van der Waals surface area contributed by atoms with Crippen LogP contribution in [0.3, 0.4) is 0 Å². The number of ether oxygens (including phenoxy) is 3. The van der Waals surface area contributed by atoms with Crippen molar-refractivity contribution >= 4 is 5.82 Å². The summed E-state index contributed by atoms with van der Waals surface area (Å²) in [6, 6.07) is 5.43. The normalized spacial score (nSPS) is 10.5. The molecule has 2 rings (SSSR count). The molecule has 0 saturated heterocycles. The highest BCUT2D eigenvalue weighted by molar-refractivity contribution is 5.75. The first kappa shape index (κ1) is 13.2. The van der Waals surface area contributed by atoms with Gasteiger partial charge in [0.1, 0.15) is 17.3 Å². The smallest absolute Gasteiger partial charge is 0.145 e. The minimum atomic E-state index is 0.397. The molecule has 0 bridgehead atoms. The van der Waals surface area contributed by atoms with E-state index in [0.29, 0.717) is 18.2 Å². The van der Waals surface area contributed by atoms with Gasteiger partial charge in [0, 0.05) is 18.7 Å². The van der Waals surface area contributed by atoms with Gasteiger partial charge >= 0.3 is 0 Å². The van der Waals surface area contributed by atoms with Gasteiger partial charge in [0.25, 0.3) is 0 Å². The molecule has 102 valence electrons. The van der Waals surface area contributed by atoms with Gasteiger partial charge < -0.3 is 19.9 Å². The van der Waals surface area contributed by atoms with E-state index < -0.39 is 0 Å². The first-order valence-corrected chi connectivity index (χ1v) is 5.75. The Kier molecular flexibility index (Phi) is 3.91. The Morgan fingerprint density at radius 1 is 1.16 bits per heavy atom. The zero-order valence-electron chi connectivity index (χ0n) is 11.2. The van der Waals surface area contributed by atoms with Crippen LogP contribution < -0.4 is 15.2 Å². The van der Waals surface area contributed by atoms with Gasteiger partial charge in [-0.1, -0.05) is 0 Å². The van der Waals surface area contributed by atoms with Crippen molar-refractivity contribution in [3.05, 3.63) is 23.8 Å². The molecule has 0 atom stereocenters. The molecule has 0 saturated carbocycles. The third kappa shape index (κ3) is 2.48. The second-order valence-electron chi connectivity index (χ2n) is 3.96. The van der Waals surface area contributed by atoms with Crippen molar-refractivity contribution in [3.63, 3.8) is 0 Å². The largest absolute Gasteiger partial charge is 0.496 e. The van der Waals surface area contributed by atoms with E-state index in [9.17, 15) is 0 Å². The highest BCUT2D eigenvalue weighted by Crippen LogP contribution is 2.38. The number of hydrogen-bond donors (Lipinski definition) is 2. The number of nitrogen functional groups attached to an aromatic ring is 1. The van der Waals surface area contributed by atoms with Crippen molar-refractivity contribution in [1.82, 2.24) is 10.2 Å². The van der Waals surface area contributed by atoms with Crippen molar-refractivity contribution in [1.29, 1.82) is 0 Å². The third-order valence-electron chi connectivity index (χ3n) is 2.83. The Hall–Kier alpha value is -2.21. The maximum absolute atomic E-state index is 5.66. The van der Waals surface area contributed by atoms with Crippen molar-refractivity contribution in [2.75, 3.05) is 27.1 Å². The zero-order chi connectivity index (χ0) is 13.8. The number of methoxy groups -OCH3 is 3. The summed E-state index contributed by atoms with van der Waals surface area (Å²) in [5.41, 5.74) is 8.14. The highest BCUT2D eigenvalue weighted by atomic mass is 16.5. The number of rotatable bonds is 5. The summed E-state index contributed by atoms with van der Waals surface area (Å²) in [5.74, 6) is 1.85. The molecule has 1 heterocycles. The minimum absolute atomic E-state index is 0.397. The van der Waals surface area contributed by atoms with Crippen LogP contribution in [0.2, 0.25) is 0 Å². The monoisotopic (exact) mass is 263 g/mol. The molecule has 0 fully saturated rings. The molecule has 0 aliphatic heterocycles. The van der Waals surface area contributed by atoms with E-state index in [1.807, 2.05) is 12.1 Å². The summed E-state index contributed by atoms with van der Waals surface area (Å²) in [7, 11) is 4.86. The van der Waals surface area contributed by atoms with Crippen molar-refractivity contribution in [2.45, 2.75) is 6.61 Å². The standard InChI is InChI=1S/C13H17N3O3/c1-17-7-8-10(18-2)4-5-11(19-3)13(8)9-6-12(14)16-15-9/h4-6H,7H2,1-3H3,(H3,14,15,16). The fraction of sp³-hybridized carbons (Fsp3) is 0.308. The second-order valence-corrected chi connectivity index (χ2v) is 3.96. The van der Waals surface area contributed by atoms with Gasteiger partial charge in [-0.15, -0.1) is 0 Å². The molecule has 3 N–H and O–H groups in total. The number of nitrogens with one attached hydrogen (secondary N) is 1. The predicted molar refractivity (Wildman–Crippen MR) is 72.3 cm³/mol. The molecule has 6 nitrogen and oxygen atoms in total. The molecule has 1 aromatic heterocycles. The van der Waals surface area contributed by atoms with Crippen LogP contribution in [0.5, 0.6) is 11.5 Å². The Bertz CT molecular complexity index is 566. The van der Waals surface area contributed by atoms with Gasteiger partial charge in [0.2, 0.25) is 0 Å². The maximum Gasteiger partial charge on any atom is 0.145 e. The number of aromatic amines is 1. The van der Waals surface area contributed by atoms with E-state index in [1.54, 1.807) is 27.4 Å². The molecule has 0 unspecified atom stereocenters. The van der Waals surface area contributed by atoms with Crippen molar-refractivity contribution < 1.29 is 14.2 Å². The maximum atomic E-state index is 5.66. The van der Waals surface area contributed by atoms with Crippen LogP contribution >= 0.6 is 0 Å². The molecule has 0 amide bonds. The molecule has 0 spiro atoms. The molecule has 0 aliphatic rings. The number of anilines is 1. The van der Waals surface area contributed by atoms with Crippen molar-refractivity contribution in [2.24, 2.45) is 0 Å². The molecular weight excluding hydrogens is 246 g/mol. The molecule has 1 aromatic carbocycles. The van der Waals surface area contributed by atoms with Crippen LogP contribution in [-0.4, -0.2) is 31.5 Å². The van der Waals surface area contributed by atoms with Gasteiger partial charge in [-0.2, -0.15) is 5.10 Å². The van der Waals surface area contributed by atoms with Gasteiger partial charge in [0.15, 0.2) is 0 Å². The lowest BCUT2D eigenvalue weighted by atomic mass is 10.0. The number of H-pyrrole nitrogens is 1. The Morgan fingerprint density at radius 2 is 1.84 bits per heavy atom. The van der Waals surface area contributed by atoms with Crippen LogP contribution in [0.1, 0.15) is 5.56 Å². The SMILES string of the molecule is COCc1c(OC)ccc(OC)c1-c1cc(N)n[nH]1. The molecule has 2 aromatic rings. The van der Waals surface area contributed by atoms with E-state index in [0.717, 1.165) is 22.6 Å². The summed E-state index contributed by atoms with van der Waals surface area (Å²) in [5, 5.41) is 6.82. The van der Waals surface area contributed by atoms with Crippen LogP contribution in [0.15, 0.2) is 18.2 Å². The second kappa shape index (κ2) is 5.62. The average Bonchev–Trinajstić information content (AvgIpc) is 2.84. The fourth-order valence-electron chi connectivity index (χ4n) is 2.02. The van der Waals surface area contributed by atoms with Gasteiger partial charge in [-0.25, -0.2) is 0 Å². The minimum Gasteiger partial charge on any atom is -0.496 e. The molecule has 19 heavy (non-hydrogen) atoms.